The molecule has 1 aliphatic heterocycles. The van der Waals surface area contributed by atoms with Crippen LogP contribution in [0.25, 0.3) is 0 Å². The fourth-order valence-corrected chi connectivity index (χ4v) is 3.28. The molecule has 1 aromatic rings. The van der Waals surface area contributed by atoms with Gasteiger partial charge in [0.2, 0.25) is 5.91 Å². The van der Waals surface area contributed by atoms with E-state index in [1.165, 1.54) is 20.1 Å². The predicted octanol–water partition coefficient (Wildman–Crippen LogP) is 1.21. The van der Waals surface area contributed by atoms with Gasteiger partial charge in [-0.2, -0.15) is 0 Å². The van der Waals surface area contributed by atoms with Crippen molar-refractivity contribution >= 4 is 23.4 Å². The van der Waals surface area contributed by atoms with E-state index in [9.17, 15) is 19.2 Å². The van der Waals surface area contributed by atoms with Crippen molar-refractivity contribution in [1.82, 2.24) is 15.8 Å². The number of Topliss-reactive ketones (excluding diaryl/α,β-unsaturated/α-hetero) is 2. The summed E-state index contributed by atoms with van der Waals surface area (Å²) in [5, 5.41) is 8.96. The van der Waals surface area contributed by atoms with Crippen molar-refractivity contribution < 1.29 is 33.2 Å². The number of ether oxygens (including phenoxy) is 2. The second kappa shape index (κ2) is 10.8. The van der Waals surface area contributed by atoms with Crippen LogP contribution in [0.15, 0.2) is 10.6 Å². The monoisotopic (exact) mass is 451 g/mol. The van der Waals surface area contributed by atoms with Crippen molar-refractivity contribution in [2.45, 2.75) is 65.1 Å². The highest BCUT2D eigenvalue weighted by molar-refractivity contribution is 5.99. The van der Waals surface area contributed by atoms with Gasteiger partial charge in [-0.15, -0.1) is 0 Å². The number of carbonyl (C=O) groups excluding carboxylic acids is 4. The Morgan fingerprint density at radius 1 is 1.22 bits per heavy atom. The standard InChI is InChI=1S/C22H33N3O7/c1-12(2)7-16(19(27)22(5)11-31-22)24-20(28)15(10-30-6)9-18(26)14(4)23-21(29)17-8-13(3)32-25-17/h8,12,14-16H,7,9-11H2,1-6H3,(H,23,29)(H,24,28)/t14-,15-,16-,22+/m0/s1. The summed E-state index contributed by atoms with van der Waals surface area (Å²) >= 11 is 0. The average molecular weight is 452 g/mol. The minimum absolute atomic E-state index is 0.00290. The van der Waals surface area contributed by atoms with Gasteiger partial charge in [-0.3, -0.25) is 19.2 Å². The summed E-state index contributed by atoms with van der Waals surface area (Å²) in [4.78, 5) is 50.6. The topological polar surface area (TPSA) is 140 Å². The molecule has 2 amide bonds. The predicted molar refractivity (Wildman–Crippen MR) is 114 cm³/mol. The van der Waals surface area contributed by atoms with Crippen LogP contribution in [0.5, 0.6) is 0 Å². The van der Waals surface area contributed by atoms with E-state index < -0.39 is 35.4 Å². The van der Waals surface area contributed by atoms with Crippen molar-refractivity contribution in [3.8, 4) is 0 Å². The van der Waals surface area contributed by atoms with Crippen LogP contribution in [0.3, 0.4) is 0 Å². The van der Waals surface area contributed by atoms with Gasteiger partial charge in [0.25, 0.3) is 5.91 Å². The van der Waals surface area contributed by atoms with Gasteiger partial charge in [-0.05, 0) is 33.1 Å². The number of aryl methyl sites for hydroxylation is 1. The van der Waals surface area contributed by atoms with Gasteiger partial charge in [0.05, 0.1) is 31.2 Å². The van der Waals surface area contributed by atoms with Gasteiger partial charge in [-0.1, -0.05) is 19.0 Å². The second-order valence-electron chi connectivity index (χ2n) is 8.92. The van der Waals surface area contributed by atoms with Crippen molar-refractivity contribution in [2.75, 3.05) is 20.3 Å². The lowest BCUT2D eigenvalue weighted by Crippen LogP contribution is -2.50. The summed E-state index contributed by atoms with van der Waals surface area (Å²) in [6.45, 7) is 9.13. The molecule has 32 heavy (non-hydrogen) atoms. The largest absolute Gasteiger partial charge is 0.384 e. The van der Waals surface area contributed by atoms with Gasteiger partial charge < -0.3 is 24.6 Å². The molecule has 0 radical (unpaired) electrons. The lowest BCUT2D eigenvalue weighted by Gasteiger charge is -2.24. The first-order valence-electron chi connectivity index (χ1n) is 10.7. The zero-order valence-corrected chi connectivity index (χ0v) is 19.5. The maximum atomic E-state index is 12.9. The molecule has 0 aliphatic carbocycles. The van der Waals surface area contributed by atoms with E-state index in [0.29, 0.717) is 18.8 Å². The van der Waals surface area contributed by atoms with Crippen molar-refractivity contribution in [3.05, 3.63) is 17.5 Å². The Kier molecular flexibility index (Phi) is 8.68. The molecule has 0 unspecified atom stereocenters. The quantitative estimate of drug-likeness (QED) is 0.427. The summed E-state index contributed by atoms with van der Waals surface area (Å²) < 4.78 is 15.2. The molecule has 0 saturated carbocycles. The minimum atomic E-state index is -0.863. The molecule has 0 aromatic carbocycles. The Hall–Kier alpha value is -2.59. The number of nitrogens with one attached hydrogen (secondary N) is 2. The Bertz CT molecular complexity index is 844. The van der Waals surface area contributed by atoms with E-state index in [0.717, 1.165) is 0 Å². The fourth-order valence-electron chi connectivity index (χ4n) is 3.28. The van der Waals surface area contributed by atoms with E-state index in [4.69, 9.17) is 14.0 Å². The van der Waals surface area contributed by atoms with Gasteiger partial charge in [0.15, 0.2) is 17.3 Å². The SMILES string of the molecule is COC[C@H](CC(=O)[C@H](C)NC(=O)c1cc(C)on1)C(=O)N[C@@H](CC(C)C)C(=O)[C@@]1(C)CO1. The number of rotatable bonds is 13. The molecule has 1 aromatic heterocycles. The molecule has 2 heterocycles. The van der Waals surface area contributed by atoms with Gasteiger partial charge in [-0.25, -0.2) is 0 Å². The van der Waals surface area contributed by atoms with Crippen molar-refractivity contribution in [3.63, 3.8) is 0 Å². The molecule has 1 aliphatic rings. The number of nitrogens with zero attached hydrogens (tertiary/aromatic N) is 1. The van der Waals surface area contributed by atoms with Crippen LogP contribution in [0.1, 0.15) is 56.8 Å². The zero-order chi connectivity index (χ0) is 24.1. The summed E-state index contributed by atoms with van der Waals surface area (Å²) in [7, 11) is 1.43. The number of epoxide rings is 1. The molecule has 1 fully saturated rings. The first-order valence-corrected chi connectivity index (χ1v) is 10.7. The molecular weight excluding hydrogens is 418 g/mol. The Balaban J connectivity index is 2.00. The highest BCUT2D eigenvalue weighted by Crippen LogP contribution is 2.29. The lowest BCUT2D eigenvalue weighted by atomic mass is 9.92. The Morgan fingerprint density at radius 2 is 1.88 bits per heavy atom. The van der Waals surface area contributed by atoms with Crippen LogP contribution in [0.2, 0.25) is 0 Å². The lowest BCUT2D eigenvalue weighted by molar-refractivity contribution is -0.135. The van der Waals surface area contributed by atoms with Crippen molar-refractivity contribution in [1.29, 1.82) is 0 Å². The van der Waals surface area contributed by atoms with E-state index in [1.807, 2.05) is 13.8 Å². The van der Waals surface area contributed by atoms with Crippen LogP contribution < -0.4 is 10.6 Å². The molecule has 0 spiro atoms. The normalized spacial score (nSPS) is 20.3. The summed E-state index contributed by atoms with van der Waals surface area (Å²) in [6, 6.07) is -0.0977. The van der Waals surface area contributed by atoms with Crippen molar-refractivity contribution in [2.24, 2.45) is 11.8 Å². The van der Waals surface area contributed by atoms with E-state index >= 15 is 0 Å². The molecule has 4 atom stereocenters. The van der Waals surface area contributed by atoms with Crippen LogP contribution in [0.4, 0.5) is 0 Å². The first kappa shape index (κ1) is 25.7. The number of hydrogen-bond donors (Lipinski definition) is 2. The third-order valence-electron chi connectivity index (χ3n) is 5.32. The summed E-state index contributed by atoms with van der Waals surface area (Å²) in [5.41, 5.74) is -0.795. The zero-order valence-electron chi connectivity index (χ0n) is 19.5. The number of hydrogen-bond acceptors (Lipinski definition) is 8. The molecule has 0 bridgehead atoms. The molecular formula is C22H33N3O7. The van der Waals surface area contributed by atoms with E-state index in [2.05, 4.69) is 15.8 Å². The number of amides is 2. The number of methoxy groups -OCH3 is 1. The molecule has 178 valence electrons. The third kappa shape index (κ3) is 6.96. The third-order valence-corrected chi connectivity index (χ3v) is 5.32. The average Bonchev–Trinajstić information content (AvgIpc) is 3.32. The molecule has 10 heteroatoms. The minimum Gasteiger partial charge on any atom is -0.384 e. The molecule has 2 N–H and O–H groups in total. The molecule has 10 nitrogen and oxygen atoms in total. The Labute approximate surface area is 187 Å². The molecule has 2 rings (SSSR count). The first-order chi connectivity index (χ1) is 15.0. The number of aromatic nitrogens is 1. The number of ketones is 2. The van der Waals surface area contributed by atoms with Crippen LogP contribution in [-0.4, -0.2) is 66.5 Å². The summed E-state index contributed by atoms with van der Waals surface area (Å²) in [5.74, 6) is -1.68. The van der Waals surface area contributed by atoms with Gasteiger partial charge >= 0.3 is 0 Å². The van der Waals surface area contributed by atoms with Gasteiger partial charge in [0, 0.05) is 19.6 Å². The van der Waals surface area contributed by atoms with Crippen LogP contribution in [-0.2, 0) is 23.9 Å². The highest BCUT2D eigenvalue weighted by atomic mass is 16.6. The van der Waals surface area contributed by atoms with E-state index in [1.54, 1.807) is 13.8 Å². The van der Waals surface area contributed by atoms with Crippen LogP contribution in [0, 0.1) is 18.8 Å². The fraction of sp³-hybridized carbons (Fsp3) is 0.682. The van der Waals surface area contributed by atoms with E-state index in [-0.39, 0.29) is 36.2 Å². The summed E-state index contributed by atoms with van der Waals surface area (Å²) in [6.07, 6.45) is 0.302. The smallest absolute Gasteiger partial charge is 0.274 e. The highest BCUT2D eigenvalue weighted by Gasteiger charge is 2.50. The Morgan fingerprint density at radius 3 is 2.38 bits per heavy atom. The number of carbonyl (C=O) groups is 4. The maximum Gasteiger partial charge on any atom is 0.274 e. The van der Waals surface area contributed by atoms with Gasteiger partial charge in [0.1, 0.15) is 11.4 Å². The van der Waals surface area contributed by atoms with Crippen LogP contribution >= 0.6 is 0 Å². The molecule has 1 saturated heterocycles. The maximum absolute atomic E-state index is 12.9. The second-order valence-corrected chi connectivity index (χ2v) is 8.92.